The van der Waals surface area contributed by atoms with E-state index in [1.807, 2.05) is 0 Å². The van der Waals surface area contributed by atoms with Crippen molar-refractivity contribution < 1.29 is 36.7 Å². The summed E-state index contributed by atoms with van der Waals surface area (Å²) in [5.41, 5.74) is 0.371. The highest BCUT2D eigenvalue weighted by atomic mass is 35.5. The first-order valence-electron chi connectivity index (χ1n) is 10.5. The van der Waals surface area contributed by atoms with Gasteiger partial charge in [-0.15, -0.1) is 23.4 Å². The normalized spacial score (nSPS) is 22.3. The van der Waals surface area contributed by atoms with Crippen LogP contribution in [0.5, 0.6) is 5.75 Å². The Morgan fingerprint density at radius 2 is 2.03 bits per heavy atom. The van der Waals surface area contributed by atoms with Crippen LogP contribution in [-0.4, -0.2) is 47.0 Å². The Balaban J connectivity index is 1.14. The molecule has 1 unspecified atom stereocenters. The van der Waals surface area contributed by atoms with Crippen LogP contribution in [0.3, 0.4) is 0 Å². The fourth-order valence-corrected chi connectivity index (χ4v) is 3.93. The molecule has 0 saturated heterocycles. The number of nitrogens with zero attached hydrogens (tertiary/aromatic N) is 2. The van der Waals surface area contributed by atoms with Crippen LogP contribution in [-0.2, 0) is 16.0 Å². The van der Waals surface area contributed by atoms with Crippen molar-refractivity contribution in [1.29, 1.82) is 0 Å². The van der Waals surface area contributed by atoms with Crippen molar-refractivity contribution in [3.63, 3.8) is 0 Å². The third-order valence-electron chi connectivity index (χ3n) is 5.52. The van der Waals surface area contributed by atoms with Gasteiger partial charge in [-0.05, 0) is 43.9 Å². The molecule has 2 heterocycles. The lowest BCUT2D eigenvalue weighted by Crippen LogP contribution is -2.42. The van der Waals surface area contributed by atoms with E-state index in [4.69, 9.17) is 20.8 Å². The van der Waals surface area contributed by atoms with Gasteiger partial charge in [-0.1, -0.05) is 11.6 Å². The number of alkyl halides is 3. The monoisotopic (exact) mass is 487 g/mol. The number of hydrogen-bond donors (Lipinski definition) is 1. The molecule has 1 aliphatic heterocycles. The summed E-state index contributed by atoms with van der Waals surface area (Å²) < 4.78 is 51.7. The molecular formula is C21H21ClF3N3O5. The van der Waals surface area contributed by atoms with E-state index in [-0.39, 0.29) is 36.9 Å². The van der Waals surface area contributed by atoms with Crippen molar-refractivity contribution in [2.24, 2.45) is 0 Å². The van der Waals surface area contributed by atoms with Crippen molar-refractivity contribution >= 4 is 23.3 Å². The Morgan fingerprint density at radius 3 is 2.79 bits per heavy atom. The number of fused-ring (bicyclic) bond motifs is 1. The van der Waals surface area contributed by atoms with Crippen LogP contribution >= 0.6 is 11.6 Å². The number of carbonyl (C=O) groups is 2. The lowest BCUT2D eigenvalue weighted by molar-refractivity contribution is -0.352. The molecule has 12 heteroatoms. The molecule has 0 radical (unpaired) electrons. The average molecular weight is 488 g/mol. The molecule has 33 heavy (non-hydrogen) atoms. The van der Waals surface area contributed by atoms with Crippen LogP contribution in [0.1, 0.15) is 60.2 Å². The van der Waals surface area contributed by atoms with Crippen molar-refractivity contribution in [3.05, 3.63) is 40.6 Å². The zero-order chi connectivity index (χ0) is 23.6. The van der Waals surface area contributed by atoms with Crippen molar-refractivity contribution in [2.45, 2.75) is 63.0 Å². The number of Topliss-reactive ketones (excluding diaryl/α,β-unsaturated/α-hetero) is 1. The summed E-state index contributed by atoms with van der Waals surface area (Å²) >= 11 is 5.89. The topological polar surface area (TPSA) is 104 Å². The quantitative estimate of drug-likeness (QED) is 0.562. The molecule has 8 nitrogen and oxygen atoms in total. The third-order valence-corrected chi connectivity index (χ3v) is 5.75. The lowest BCUT2D eigenvalue weighted by atomic mass is 9.82. The zero-order valence-corrected chi connectivity index (χ0v) is 18.1. The number of benzene rings is 1. The van der Waals surface area contributed by atoms with Gasteiger partial charge in [0.15, 0.2) is 11.9 Å². The van der Waals surface area contributed by atoms with Gasteiger partial charge in [-0.2, -0.15) is 0 Å². The first-order chi connectivity index (χ1) is 15.7. The van der Waals surface area contributed by atoms with E-state index in [2.05, 4.69) is 20.3 Å². The molecule has 2 aliphatic rings. The SMILES string of the molecule is O=C1CC(C(=O)NCCCCc2nnc([C@H]3C[C@@H](OC(F)(F)F)C3)o2)Oc2ccc(Cl)cc21. The summed E-state index contributed by atoms with van der Waals surface area (Å²) in [4.78, 5) is 24.6. The van der Waals surface area contributed by atoms with E-state index in [0.29, 0.717) is 53.9 Å². The molecule has 4 rings (SSSR count). The number of ketones is 1. The number of hydrogen-bond acceptors (Lipinski definition) is 7. The van der Waals surface area contributed by atoms with Crippen molar-refractivity contribution in [2.75, 3.05) is 6.54 Å². The minimum absolute atomic E-state index is 0.0556. The highest BCUT2D eigenvalue weighted by Crippen LogP contribution is 2.40. The van der Waals surface area contributed by atoms with Crippen molar-refractivity contribution in [1.82, 2.24) is 15.5 Å². The first-order valence-corrected chi connectivity index (χ1v) is 10.9. The second-order valence-corrected chi connectivity index (χ2v) is 8.45. The van der Waals surface area contributed by atoms with Crippen LogP contribution < -0.4 is 10.1 Å². The largest absolute Gasteiger partial charge is 0.522 e. The standard InChI is InChI=1S/C21H21ClF3N3O5/c22-12-4-5-16-14(9-12)15(29)10-17(31-16)19(30)26-6-2-1-3-18-27-28-20(32-18)11-7-13(8-11)33-21(23,24)25/h4-5,9,11,13,17H,1-3,6-8,10H2,(H,26,30)/t11-,13+,17?. The highest BCUT2D eigenvalue weighted by Gasteiger charge is 2.42. The summed E-state index contributed by atoms with van der Waals surface area (Å²) in [6, 6.07) is 4.69. The summed E-state index contributed by atoms with van der Waals surface area (Å²) in [6.07, 6.45) is -4.32. The number of amides is 1. The molecule has 0 bridgehead atoms. The number of aromatic nitrogens is 2. The molecule has 1 aliphatic carbocycles. The predicted molar refractivity (Wildman–Crippen MR) is 108 cm³/mol. The maximum absolute atomic E-state index is 12.3. The maximum atomic E-state index is 12.3. The fourth-order valence-electron chi connectivity index (χ4n) is 3.75. The number of carbonyl (C=O) groups excluding carboxylic acids is 2. The Labute approximate surface area is 191 Å². The second-order valence-electron chi connectivity index (χ2n) is 8.01. The van der Waals surface area contributed by atoms with Crippen LogP contribution in [0, 0.1) is 0 Å². The van der Waals surface area contributed by atoms with Gasteiger partial charge in [0, 0.05) is 23.9 Å². The number of rotatable bonds is 8. The average Bonchev–Trinajstić information content (AvgIpc) is 3.18. The minimum atomic E-state index is -4.64. The van der Waals surface area contributed by atoms with Crippen LogP contribution in [0.25, 0.3) is 0 Å². The second kappa shape index (κ2) is 9.68. The van der Waals surface area contributed by atoms with E-state index in [0.717, 1.165) is 0 Å². The fraction of sp³-hybridized carbons (Fsp3) is 0.524. The lowest BCUT2D eigenvalue weighted by Gasteiger charge is -2.32. The molecule has 1 amide bonds. The van der Waals surface area contributed by atoms with E-state index >= 15 is 0 Å². The molecule has 1 aromatic carbocycles. The Hall–Kier alpha value is -2.66. The smallest absolute Gasteiger partial charge is 0.479 e. The van der Waals surface area contributed by atoms with E-state index in [1.54, 1.807) is 12.1 Å². The maximum Gasteiger partial charge on any atom is 0.522 e. The van der Waals surface area contributed by atoms with E-state index < -0.39 is 18.6 Å². The van der Waals surface area contributed by atoms with Gasteiger partial charge in [-0.3, -0.25) is 14.3 Å². The number of ether oxygens (including phenoxy) is 2. The van der Waals surface area contributed by atoms with Gasteiger partial charge < -0.3 is 14.5 Å². The van der Waals surface area contributed by atoms with E-state index in [1.165, 1.54) is 6.07 Å². The molecule has 1 N–H and O–H groups in total. The molecular weight excluding hydrogens is 467 g/mol. The molecule has 1 saturated carbocycles. The molecule has 0 spiro atoms. The van der Waals surface area contributed by atoms with Crippen LogP contribution in [0.2, 0.25) is 5.02 Å². The number of unbranched alkanes of at least 4 members (excludes halogenated alkanes) is 1. The summed E-state index contributed by atoms with van der Waals surface area (Å²) in [7, 11) is 0. The van der Waals surface area contributed by atoms with Crippen LogP contribution in [0.4, 0.5) is 13.2 Å². The Bertz CT molecular complexity index is 1020. The van der Waals surface area contributed by atoms with Gasteiger partial charge in [0.1, 0.15) is 5.75 Å². The minimum Gasteiger partial charge on any atom is -0.479 e. The third kappa shape index (κ3) is 6.02. The predicted octanol–water partition coefficient (Wildman–Crippen LogP) is 3.98. The zero-order valence-electron chi connectivity index (χ0n) is 17.4. The molecule has 1 fully saturated rings. The summed E-state index contributed by atoms with van der Waals surface area (Å²) in [5.74, 6) is 0.260. The van der Waals surface area contributed by atoms with Crippen molar-refractivity contribution in [3.8, 4) is 5.75 Å². The van der Waals surface area contributed by atoms with E-state index in [9.17, 15) is 22.8 Å². The number of nitrogens with one attached hydrogen (secondary N) is 1. The van der Waals surface area contributed by atoms with Gasteiger partial charge in [0.2, 0.25) is 11.8 Å². The molecule has 2 aromatic rings. The van der Waals surface area contributed by atoms with Gasteiger partial charge >= 0.3 is 6.36 Å². The molecule has 1 atom stereocenters. The molecule has 1 aromatic heterocycles. The summed E-state index contributed by atoms with van der Waals surface area (Å²) in [6.45, 7) is 0.375. The van der Waals surface area contributed by atoms with Crippen LogP contribution in [0.15, 0.2) is 22.6 Å². The number of halogens is 4. The van der Waals surface area contributed by atoms with Gasteiger partial charge in [-0.25, -0.2) is 0 Å². The highest BCUT2D eigenvalue weighted by molar-refractivity contribution is 6.31. The van der Waals surface area contributed by atoms with Gasteiger partial charge in [0.25, 0.3) is 5.91 Å². The Kier molecular flexibility index (Phi) is 6.89. The number of aryl methyl sites for hydroxylation is 1. The first kappa shape index (κ1) is 23.5. The Morgan fingerprint density at radius 1 is 1.24 bits per heavy atom. The summed E-state index contributed by atoms with van der Waals surface area (Å²) in [5, 5.41) is 11.0. The van der Waals surface area contributed by atoms with Gasteiger partial charge in [0.05, 0.1) is 18.1 Å². The molecule has 178 valence electrons.